The molecule has 0 aliphatic carbocycles. The van der Waals surface area contributed by atoms with Crippen molar-refractivity contribution in [2.45, 2.75) is 13.5 Å². The van der Waals surface area contributed by atoms with Crippen LogP contribution in [0.2, 0.25) is 0 Å². The van der Waals surface area contributed by atoms with E-state index in [4.69, 9.17) is 0 Å². The number of hydrogen-bond donors (Lipinski definition) is 1. The van der Waals surface area contributed by atoms with E-state index in [1.165, 1.54) is 11.8 Å². The molecule has 6 nitrogen and oxygen atoms in total. The van der Waals surface area contributed by atoms with Crippen molar-refractivity contribution in [1.82, 2.24) is 14.9 Å². The van der Waals surface area contributed by atoms with Gasteiger partial charge in [-0.25, -0.2) is 0 Å². The Balaban J connectivity index is 1.72. The molecule has 126 valence electrons. The van der Waals surface area contributed by atoms with E-state index in [0.29, 0.717) is 12.2 Å². The number of benzene rings is 1. The summed E-state index contributed by atoms with van der Waals surface area (Å²) in [6, 6.07) is 13.0. The first kappa shape index (κ1) is 16.6. The van der Waals surface area contributed by atoms with Crippen LogP contribution in [0.3, 0.4) is 0 Å². The van der Waals surface area contributed by atoms with Gasteiger partial charge in [0.15, 0.2) is 0 Å². The number of amides is 2. The van der Waals surface area contributed by atoms with Gasteiger partial charge in [0.25, 0.3) is 0 Å². The van der Waals surface area contributed by atoms with E-state index in [9.17, 15) is 9.59 Å². The molecule has 2 aromatic heterocycles. The molecule has 3 rings (SSSR count). The summed E-state index contributed by atoms with van der Waals surface area (Å²) < 4.78 is 0. The molecule has 2 heterocycles. The number of carbonyl (C=O) groups is 2. The Morgan fingerprint density at radius 2 is 1.80 bits per heavy atom. The van der Waals surface area contributed by atoms with Gasteiger partial charge in [0.2, 0.25) is 11.8 Å². The summed E-state index contributed by atoms with van der Waals surface area (Å²) in [5, 5.41) is 3.79. The minimum atomic E-state index is -0.262. The summed E-state index contributed by atoms with van der Waals surface area (Å²) in [7, 11) is 0. The zero-order chi connectivity index (χ0) is 17.6. The van der Waals surface area contributed by atoms with Crippen LogP contribution in [0.15, 0.2) is 61.1 Å². The monoisotopic (exact) mass is 334 g/mol. The van der Waals surface area contributed by atoms with Crippen LogP contribution in [0.1, 0.15) is 12.5 Å². The summed E-state index contributed by atoms with van der Waals surface area (Å²) in [5.41, 5.74) is 2.28. The van der Waals surface area contributed by atoms with Gasteiger partial charge in [-0.1, -0.05) is 18.2 Å². The summed E-state index contributed by atoms with van der Waals surface area (Å²) in [6.07, 6.45) is 5.01. The number of para-hydroxylation sites is 1. The summed E-state index contributed by atoms with van der Waals surface area (Å²) in [4.78, 5) is 34.0. The Hall–Kier alpha value is -3.28. The molecule has 0 saturated carbocycles. The molecule has 0 aliphatic heterocycles. The van der Waals surface area contributed by atoms with Gasteiger partial charge in [-0.05, 0) is 29.8 Å². The number of rotatable bonds is 5. The second-order valence-corrected chi connectivity index (χ2v) is 5.66. The van der Waals surface area contributed by atoms with Crippen molar-refractivity contribution in [2.75, 3.05) is 11.9 Å². The van der Waals surface area contributed by atoms with Crippen molar-refractivity contribution in [3.8, 4) is 0 Å². The first-order valence-corrected chi connectivity index (χ1v) is 7.91. The average Bonchev–Trinajstić information content (AvgIpc) is 2.62. The molecule has 0 unspecified atom stereocenters. The molecular weight excluding hydrogens is 316 g/mol. The molecule has 1 aromatic carbocycles. The predicted molar refractivity (Wildman–Crippen MR) is 95.7 cm³/mol. The second kappa shape index (κ2) is 7.53. The smallest absolute Gasteiger partial charge is 0.244 e. The molecule has 1 N–H and O–H groups in total. The zero-order valence-corrected chi connectivity index (χ0v) is 13.8. The molecule has 0 saturated heterocycles. The van der Waals surface area contributed by atoms with Crippen LogP contribution >= 0.6 is 0 Å². The number of carbonyl (C=O) groups excluding carboxylic acids is 2. The molecule has 0 radical (unpaired) electrons. The van der Waals surface area contributed by atoms with Gasteiger partial charge in [-0.2, -0.15) is 0 Å². The Kier molecular flexibility index (Phi) is 4.99. The molecule has 0 aliphatic rings. The quantitative estimate of drug-likeness (QED) is 0.778. The van der Waals surface area contributed by atoms with Crippen molar-refractivity contribution < 1.29 is 9.59 Å². The van der Waals surface area contributed by atoms with Crippen molar-refractivity contribution in [2.24, 2.45) is 0 Å². The van der Waals surface area contributed by atoms with Crippen LogP contribution in [0, 0.1) is 0 Å². The van der Waals surface area contributed by atoms with E-state index >= 15 is 0 Å². The largest absolute Gasteiger partial charge is 0.329 e. The highest BCUT2D eigenvalue weighted by molar-refractivity contribution is 6.01. The Morgan fingerprint density at radius 1 is 1.04 bits per heavy atom. The van der Waals surface area contributed by atoms with Gasteiger partial charge < -0.3 is 10.2 Å². The van der Waals surface area contributed by atoms with E-state index in [1.54, 1.807) is 24.7 Å². The standard InChI is InChI=1S/C19H18N4O2/c1-14(24)23(12-15-7-10-20-11-8-15)13-18(25)22-17-6-2-4-16-5-3-9-21-19(16)17/h2-11H,12-13H2,1H3,(H,22,25). The molecule has 0 fully saturated rings. The van der Waals surface area contributed by atoms with Gasteiger partial charge in [-0.3, -0.25) is 19.6 Å². The normalized spacial score (nSPS) is 10.4. The fourth-order valence-corrected chi connectivity index (χ4v) is 2.56. The van der Waals surface area contributed by atoms with Crippen molar-refractivity contribution >= 4 is 28.4 Å². The van der Waals surface area contributed by atoms with E-state index in [1.807, 2.05) is 36.4 Å². The molecule has 6 heteroatoms. The maximum atomic E-state index is 12.4. The van der Waals surface area contributed by atoms with E-state index < -0.39 is 0 Å². The third-order valence-electron chi connectivity index (χ3n) is 3.81. The highest BCUT2D eigenvalue weighted by Crippen LogP contribution is 2.20. The Labute approximate surface area is 145 Å². The van der Waals surface area contributed by atoms with Crippen LogP contribution in [0.4, 0.5) is 5.69 Å². The van der Waals surface area contributed by atoms with Crippen LogP contribution in [0.5, 0.6) is 0 Å². The number of pyridine rings is 2. The topological polar surface area (TPSA) is 75.2 Å². The minimum absolute atomic E-state index is 0.0269. The number of hydrogen-bond acceptors (Lipinski definition) is 4. The number of anilines is 1. The van der Waals surface area contributed by atoms with Crippen LogP contribution in [-0.2, 0) is 16.1 Å². The third-order valence-corrected chi connectivity index (χ3v) is 3.81. The average molecular weight is 334 g/mol. The van der Waals surface area contributed by atoms with Gasteiger partial charge in [0.1, 0.15) is 6.54 Å². The van der Waals surface area contributed by atoms with Gasteiger partial charge >= 0.3 is 0 Å². The fraction of sp³-hybridized carbons (Fsp3) is 0.158. The van der Waals surface area contributed by atoms with E-state index in [-0.39, 0.29) is 18.4 Å². The Morgan fingerprint density at radius 3 is 2.56 bits per heavy atom. The maximum absolute atomic E-state index is 12.4. The summed E-state index contributed by atoms with van der Waals surface area (Å²) >= 11 is 0. The van der Waals surface area contributed by atoms with Crippen molar-refractivity contribution in [3.05, 3.63) is 66.6 Å². The highest BCUT2D eigenvalue weighted by atomic mass is 16.2. The van der Waals surface area contributed by atoms with Crippen LogP contribution in [-0.4, -0.2) is 33.2 Å². The number of nitrogens with one attached hydrogen (secondary N) is 1. The summed E-state index contributed by atoms with van der Waals surface area (Å²) in [6.45, 7) is 1.79. The fourth-order valence-electron chi connectivity index (χ4n) is 2.56. The number of nitrogens with zero attached hydrogens (tertiary/aromatic N) is 3. The lowest BCUT2D eigenvalue weighted by atomic mass is 10.2. The predicted octanol–water partition coefficient (Wildman–Crippen LogP) is 2.62. The Bertz CT molecular complexity index is 891. The molecule has 0 bridgehead atoms. The van der Waals surface area contributed by atoms with E-state index in [0.717, 1.165) is 16.5 Å². The first-order valence-electron chi connectivity index (χ1n) is 7.91. The minimum Gasteiger partial charge on any atom is -0.329 e. The maximum Gasteiger partial charge on any atom is 0.244 e. The summed E-state index contributed by atoms with van der Waals surface area (Å²) in [5.74, 6) is -0.426. The lowest BCUT2D eigenvalue weighted by molar-refractivity contribution is -0.133. The molecule has 0 spiro atoms. The van der Waals surface area contributed by atoms with Crippen molar-refractivity contribution in [3.63, 3.8) is 0 Å². The third kappa shape index (κ3) is 4.17. The molecule has 3 aromatic rings. The highest BCUT2D eigenvalue weighted by Gasteiger charge is 2.15. The molecule has 2 amide bonds. The van der Waals surface area contributed by atoms with Crippen LogP contribution in [0.25, 0.3) is 10.9 Å². The number of aromatic nitrogens is 2. The lowest BCUT2D eigenvalue weighted by Gasteiger charge is -2.20. The zero-order valence-electron chi connectivity index (χ0n) is 13.8. The van der Waals surface area contributed by atoms with Crippen LogP contribution < -0.4 is 5.32 Å². The lowest BCUT2D eigenvalue weighted by Crippen LogP contribution is -2.36. The van der Waals surface area contributed by atoms with E-state index in [2.05, 4.69) is 15.3 Å². The first-order chi connectivity index (χ1) is 12.1. The molecular formula is C19H18N4O2. The second-order valence-electron chi connectivity index (χ2n) is 5.66. The molecule has 25 heavy (non-hydrogen) atoms. The van der Waals surface area contributed by atoms with Gasteiger partial charge in [0, 0.05) is 37.4 Å². The molecule has 0 atom stereocenters. The SMILES string of the molecule is CC(=O)N(CC(=O)Nc1cccc2cccnc12)Cc1ccncc1. The van der Waals surface area contributed by atoms with Gasteiger partial charge in [0.05, 0.1) is 11.2 Å². The van der Waals surface area contributed by atoms with Crippen molar-refractivity contribution in [1.29, 1.82) is 0 Å². The number of fused-ring (bicyclic) bond motifs is 1. The van der Waals surface area contributed by atoms with Gasteiger partial charge in [-0.15, -0.1) is 0 Å².